The fourth-order valence-corrected chi connectivity index (χ4v) is 4.76. The molecule has 0 amide bonds. The molecule has 2 aromatic heterocycles. The van der Waals surface area contributed by atoms with Crippen LogP contribution in [0.1, 0.15) is 57.2 Å². The number of fused-ring (bicyclic) bond motifs is 1. The van der Waals surface area contributed by atoms with Crippen LogP contribution in [-0.4, -0.2) is 51.3 Å². The number of imidazole rings is 1. The van der Waals surface area contributed by atoms with Gasteiger partial charge in [0.1, 0.15) is 0 Å². The zero-order valence-corrected chi connectivity index (χ0v) is 15.9. The highest BCUT2D eigenvalue weighted by molar-refractivity contribution is 5.70. The van der Waals surface area contributed by atoms with E-state index in [1.54, 1.807) is 0 Å². The summed E-state index contributed by atoms with van der Waals surface area (Å²) in [6, 6.07) is 4.85. The van der Waals surface area contributed by atoms with Crippen molar-refractivity contribution in [2.45, 2.75) is 70.6 Å². The molecule has 0 atom stereocenters. The average molecular weight is 358 g/mol. The van der Waals surface area contributed by atoms with Gasteiger partial charge in [0.15, 0.2) is 5.65 Å². The van der Waals surface area contributed by atoms with Gasteiger partial charge < -0.3 is 14.6 Å². The lowest BCUT2D eigenvalue weighted by Gasteiger charge is -2.40. The Kier molecular flexibility index (Phi) is 5.14. The summed E-state index contributed by atoms with van der Waals surface area (Å²) in [7, 11) is 0. The van der Waals surface area contributed by atoms with Crippen molar-refractivity contribution >= 4 is 11.2 Å². The number of hydrogen-bond donors (Lipinski definition) is 1. The molecule has 26 heavy (non-hydrogen) atoms. The Balaban J connectivity index is 1.41. The van der Waals surface area contributed by atoms with Crippen molar-refractivity contribution in [1.82, 2.24) is 19.4 Å². The third-order valence-corrected chi connectivity index (χ3v) is 6.13. The monoisotopic (exact) mass is 358 g/mol. The molecule has 142 valence electrons. The number of H-pyrrole nitrogens is 1. The van der Waals surface area contributed by atoms with Gasteiger partial charge in [-0.05, 0) is 64.5 Å². The molecule has 1 aliphatic heterocycles. The third kappa shape index (κ3) is 3.45. The molecule has 6 nitrogen and oxygen atoms in total. The number of aryl methyl sites for hydroxylation is 1. The highest BCUT2D eigenvalue weighted by atomic mass is 16.5. The number of hydrogen-bond acceptors (Lipinski definition) is 4. The second-order valence-electron chi connectivity index (χ2n) is 7.78. The van der Waals surface area contributed by atoms with Gasteiger partial charge in [0.2, 0.25) is 0 Å². The topological polar surface area (TPSA) is 63.1 Å². The van der Waals surface area contributed by atoms with E-state index in [0.29, 0.717) is 12.1 Å². The summed E-state index contributed by atoms with van der Waals surface area (Å²) in [6.07, 6.45) is 7.36. The Labute approximate surface area is 154 Å². The van der Waals surface area contributed by atoms with Crippen molar-refractivity contribution in [2.75, 3.05) is 19.7 Å². The summed E-state index contributed by atoms with van der Waals surface area (Å²) in [6.45, 7) is 7.02. The summed E-state index contributed by atoms with van der Waals surface area (Å²) in [4.78, 5) is 22.7. The second-order valence-corrected chi connectivity index (χ2v) is 7.78. The van der Waals surface area contributed by atoms with Crippen molar-refractivity contribution in [2.24, 2.45) is 0 Å². The lowest BCUT2D eigenvalue weighted by Crippen LogP contribution is -2.45. The summed E-state index contributed by atoms with van der Waals surface area (Å²) in [5, 5.41) is 0. The molecular formula is C20H30N4O2. The molecule has 0 aromatic carbocycles. The van der Waals surface area contributed by atoms with Gasteiger partial charge in [-0.2, -0.15) is 0 Å². The predicted octanol–water partition coefficient (Wildman–Crippen LogP) is 3.02. The Morgan fingerprint density at radius 3 is 2.54 bits per heavy atom. The number of likely N-dealkylation sites (tertiary alicyclic amines) is 1. The third-order valence-electron chi connectivity index (χ3n) is 6.13. The number of pyridine rings is 1. The zero-order chi connectivity index (χ0) is 18.1. The standard InChI is InChI=1S/C20H30N4O2/c1-3-26-17-7-5-15(6-8-17)23-12-10-16(11-13-23)24-19-18(22-20(24)25)9-4-14(2)21-19/h4,9,15-17H,3,5-8,10-13H2,1-2H3,(H,22,25)/t15-,17-. The minimum Gasteiger partial charge on any atom is -0.379 e. The first-order chi connectivity index (χ1) is 12.7. The van der Waals surface area contributed by atoms with Gasteiger partial charge >= 0.3 is 5.69 Å². The van der Waals surface area contributed by atoms with Crippen LogP contribution in [0.3, 0.4) is 0 Å². The van der Waals surface area contributed by atoms with E-state index >= 15 is 0 Å². The van der Waals surface area contributed by atoms with Gasteiger partial charge in [-0.15, -0.1) is 0 Å². The molecule has 2 aliphatic rings. The Morgan fingerprint density at radius 2 is 1.85 bits per heavy atom. The lowest BCUT2D eigenvalue weighted by molar-refractivity contribution is 0.00795. The van der Waals surface area contributed by atoms with Crippen LogP contribution in [0.4, 0.5) is 0 Å². The Morgan fingerprint density at radius 1 is 1.12 bits per heavy atom. The minimum absolute atomic E-state index is 0.0197. The molecule has 0 radical (unpaired) electrons. The number of nitrogens with one attached hydrogen (secondary N) is 1. The zero-order valence-electron chi connectivity index (χ0n) is 15.9. The van der Waals surface area contributed by atoms with Crippen molar-refractivity contribution in [1.29, 1.82) is 0 Å². The minimum atomic E-state index is -0.0197. The van der Waals surface area contributed by atoms with Crippen LogP contribution >= 0.6 is 0 Å². The van der Waals surface area contributed by atoms with Crippen molar-refractivity contribution in [3.8, 4) is 0 Å². The molecule has 2 fully saturated rings. The quantitative estimate of drug-likeness (QED) is 0.912. The predicted molar refractivity (Wildman–Crippen MR) is 103 cm³/mol. The highest BCUT2D eigenvalue weighted by Gasteiger charge is 2.30. The van der Waals surface area contributed by atoms with Gasteiger partial charge in [-0.25, -0.2) is 9.78 Å². The normalized spacial score (nSPS) is 25.8. The maximum atomic E-state index is 12.5. The van der Waals surface area contributed by atoms with Crippen LogP contribution in [0.15, 0.2) is 16.9 Å². The first-order valence-corrected chi connectivity index (χ1v) is 10.1. The van der Waals surface area contributed by atoms with E-state index in [0.717, 1.165) is 49.4 Å². The number of aromatic amines is 1. The summed E-state index contributed by atoms with van der Waals surface area (Å²) < 4.78 is 7.68. The number of rotatable bonds is 4. The van der Waals surface area contributed by atoms with E-state index in [1.807, 2.05) is 23.6 Å². The van der Waals surface area contributed by atoms with Crippen LogP contribution in [-0.2, 0) is 4.74 Å². The van der Waals surface area contributed by atoms with E-state index in [-0.39, 0.29) is 11.7 Å². The van der Waals surface area contributed by atoms with E-state index in [2.05, 4.69) is 21.8 Å². The SMILES string of the molecule is CCO[C@H]1CC[C@H](N2CCC(n3c(=O)[nH]c4ccc(C)nc43)CC2)CC1. The van der Waals surface area contributed by atoms with Gasteiger partial charge in [0, 0.05) is 37.5 Å². The van der Waals surface area contributed by atoms with Gasteiger partial charge in [0.25, 0.3) is 0 Å². The van der Waals surface area contributed by atoms with Crippen LogP contribution in [0, 0.1) is 6.92 Å². The molecule has 1 aliphatic carbocycles. The number of nitrogens with zero attached hydrogens (tertiary/aromatic N) is 3. The summed E-state index contributed by atoms with van der Waals surface area (Å²) >= 11 is 0. The summed E-state index contributed by atoms with van der Waals surface area (Å²) in [5.74, 6) is 0. The molecule has 0 bridgehead atoms. The molecule has 1 N–H and O–H groups in total. The smallest absolute Gasteiger partial charge is 0.327 e. The number of piperidine rings is 1. The molecule has 6 heteroatoms. The molecule has 1 saturated heterocycles. The van der Waals surface area contributed by atoms with Crippen molar-refractivity contribution in [3.63, 3.8) is 0 Å². The lowest BCUT2D eigenvalue weighted by atomic mass is 9.90. The molecular weight excluding hydrogens is 328 g/mol. The van der Waals surface area contributed by atoms with Gasteiger partial charge in [-0.3, -0.25) is 4.57 Å². The number of aromatic nitrogens is 3. The molecule has 0 unspecified atom stereocenters. The van der Waals surface area contributed by atoms with Crippen LogP contribution < -0.4 is 5.69 Å². The maximum absolute atomic E-state index is 12.5. The number of ether oxygens (including phenoxy) is 1. The van der Waals surface area contributed by atoms with E-state index < -0.39 is 0 Å². The van der Waals surface area contributed by atoms with Crippen LogP contribution in [0.5, 0.6) is 0 Å². The van der Waals surface area contributed by atoms with E-state index in [4.69, 9.17) is 4.74 Å². The van der Waals surface area contributed by atoms with Crippen molar-refractivity contribution in [3.05, 3.63) is 28.3 Å². The van der Waals surface area contributed by atoms with E-state index in [9.17, 15) is 4.79 Å². The fourth-order valence-electron chi connectivity index (χ4n) is 4.76. The van der Waals surface area contributed by atoms with Gasteiger partial charge in [0.05, 0.1) is 11.6 Å². The first kappa shape index (κ1) is 17.7. The maximum Gasteiger partial charge on any atom is 0.327 e. The van der Waals surface area contributed by atoms with E-state index in [1.165, 1.54) is 25.7 Å². The van der Waals surface area contributed by atoms with Crippen LogP contribution in [0.2, 0.25) is 0 Å². The molecule has 4 rings (SSSR count). The molecule has 1 saturated carbocycles. The Hall–Kier alpha value is -1.66. The Bertz CT molecular complexity index is 796. The molecule has 0 spiro atoms. The van der Waals surface area contributed by atoms with Gasteiger partial charge in [-0.1, -0.05) is 0 Å². The van der Waals surface area contributed by atoms with Crippen LogP contribution in [0.25, 0.3) is 11.2 Å². The summed E-state index contributed by atoms with van der Waals surface area (Å²) in [5.41, 5.74) is 2.59. The fraction of sp³-hybridized carbons (Fsp3) is 0.700. The second kappa shape index (κ2) is 7.53. The molecule has 3 heterocycles. The van der Waals surface area contributed by atoms with Crippen molar-refractivity contribution < 1.29 is 4.74 Å². The largest absolute Gasteiger partial charge is 0.379 e. The first-order valence-electron chi connectivity index (χ1n) is 10.1. The average Bonchev–Trinajstić information content (AvgIpc) is 2.98. The molecule has 2 aromatic rings. The highest BCUT2D eigenvalue weighted by Crippen LogP contribution is 2.30.